The van der Waals surface area contributed by atoms with Gasteiger partial charge in [-0.2, -0.15) is 0 Å². The van der Waals surface area contributed by atoms with Crippen molar-refractivity contribution in [3.63, 3.8) is 0 Å². The van der Waals surface area contributed by atoms with Crippen LogP contribution in [0.1, 0.15) is 38.5 Å². The van der Waals surface area contributed by atoms with E-state index in [1.54, 1.807) is 38.5 Å². The first kappa shape index (κ1) is 13.1. The van der Waals surface area contributed by atoms with Gasteiger partial charge in [-0.1, -0.05) is 0 Å². The maximum absolute atomic E-state index is 2.37. The van der Waals surface area contributed by atoms with Crippen LogP contribution in [0.15, 0.2) is 0 Å². The standard InChI is InChI=1S/C14H26N.HI/c1-15(2,3)10-14-7-11-4-12(8-14)6-13(5-11)9-14;/h11-13H,4-10H2,1-3H3;1H/q+1;/p-1. The molecule has 4 aliphatic carbocycles. The second-order valence-corrected chi connectivity index (χ2v) is 7.87. The van der Waals surface area contributed by atoms with Crippen LogP contribution in [0.3, 0.4) is 0 Å². The molecular formula is C14H26IN. The molecule has 0 unspecified atom stereocenters. The Morgan fingerprint density at radius 2 is 1.25 bits per heavy atom. The van der Waals surface area contributed by atoms with Crippen molar-refractivity contribution in [3.8, 4) is 0 Å². The predicted octanol–water partition coefficient (Wildman–Crippen LogP) is -0.0870. The highest BCUT2D eigenvalue weighted by atomic mass is 127. The number of quaternary nitrogens is 1. The van der Waals surface area contributed by atoms with Gasteiger partial charge in [0.25, 0.3) is 0 Å². The lowest BCUT2D eigenvalue weighted by molar-refractivity contribution is -0.878. The lowest BCUT2D eigenvalue weighted by Crippen LogP contribution is -3.00. The molecule has 0 aliphatic heterocycles. The van der Waals surface area contributed by atoms with Gasteiger partial charge in [-0.25, -0.2) is 0 Å². The molecule has 16 heavy (non-hydrogen) atoms. The van der Waals surface area contributed by atoms with Crippen molar-refractivity contribution in [1.29, 1.82) is 0 Å². The molecule has 4 saturated carbocycles. The minimum absolute atomic E-state index is 0. The van der Waals surface area contributed by atoms with Crippen LogP contribution < -0.4 is 24.0 Å². The van der Waals surface area contributed by atoms with Crippen LogP contribution in [0.5, 0.6) is 0 Å². The van der Waals surface area contributed by atoms with Gasteiger partial charge in [0.05, 0.1) is 27.7 Å². The topological polar surface area (TPSA) is 0 Å². The van der Waals surface area contributed by atoms with Crippen molar-refractivity contribution in [1.82, 2.24) is 0 Å². The molecule has 0 spiro atoms. The summed E-state index contributed by atoms with van der Waals surface area (Å²) >= 11 is 0. The molecule has 0 N–H and O–H groups in total. The molecule has 2 heteroatoms. The van der Waals surface area contributed by atoms with Crippen molar-refractivity contribution in [2.24, 2.45) is 23.2 Å². The van der Waals surface area contributed by atoms with E-state index in [9.17, 15) is 0 Å². The van der Waals surface area contributed by atoms with Gasteiger partial charge in [0.15, 0.2) is 0 Å². The predicted molar refractivity (Wildman–Crippen MR) is 63.5 cm³/mol. The molecule has 0 saturated heterocycles. The minimum Gasteiger partial charge on any atom is -1.00 e. The Balaban J connectivity index is 0.000000963. The quantitative estimate of drug-likeness (QED) is 0.489. The Labute approximate surface area is 118 Å². The zero-order valence-electron chi connectivity index (χ0n) is 11.0. The van der Waals surface area contributed by atoms with Gasteiger partial charge < -0.3 is 28.5 Å². The van der Waals surface area contributed by atoms with Crippen LogP contribution in [0.4, 0.5) is 0 Å². The Bertz CT molecular complexity index is 231. The van der Waals surface area contributed by atoms with E-state index in [0.717, 1.165) is 23.2 Å². The summed E-state index contributed by atoms with van der Waals surface area (Å²) in [6.45, 7) is 1.43. The third-order valence-corrected chi connectivity index (χ3v) is 4.97. The molecule has 0 aromatic heterocycles. The third-order valence-electron chi connectivity index (χ3n) is 4.97. The fourth-order valence-corrected chi connectivity index (χ4v) is 5.49. The van der Waals surface area contributed by atoms with Crippen molar-refractivity contribution in [2.75, 3.05) is 27.7 Å². The van der Waals surface area contributed by atoms with Gasteiger partial charge >= 0.3 is 0 Å². The molecule has 0 heterocycles. The normalized spacial score (nSPS) is 45.6. The molecule has 0 aromatic carbocycles. The third kappa shape index (κ3) is 2.43. The largest absolute Gasteiger partial charge is 1.00 e. The number of nitrogens with zero attached hydrogens (tertiary/aromatic N) is 1. The SMILES string of the molecule is C[N+](C)(C)CC12CC3CC(CC(C3)C1)C2.[I-]. The molecule has 0 radical (unpaired) electrons. The Morgan fingerprint density at radius 1 is 0.875 bits per heavy atom. The number of hydrogen-bond acceptors (Lipinski definition) is 0. The Hall–Kier alpha value is 0.690. The van der Waals surface area contributed by atoms with Crippen molar-refractivity contribution in [3.05, 3.63) is 0 Å². The van der Waals surface area contributed by atoms with E-state index >= 15 is 0 Å². The van der Waals surface area contributed by atoms with E-state index in [4.69, 9.17) is 0 Å². The zero-order chi connectivity index (χ0) is 10.7. The summed E-state index contributed by atoms with van der Waals surface area (Å²) in [5.74, 6) is 3.34. The van der Waals surface area contributed by atoms with Gasteiger partial charge in [-0.05, 0) is 56.3 Å². The summed E-state index contributed by atoms with van der Waals surface area (Å²) in [5, 5.41) is 0. The molecule has 4 fully saturated rings. The first-order valence-electron chi connectivity index (χ1n) is 6.75. The first-order valence-corrected chi connectivity index (χ1v) is 6.75. The average Bonchev–Trinajstić information content (AvgIpc) is 1.94. The molecule has 94 valence electrons. The van der Waals surface area contributed by atoms with Gasteiger partial charge in [-0.3, -0.25) is 0 Å². The minimum atomic E-state index is 0. The number of rotatable bonds is 2. The summed E-state index contributed by atoms with van der Waals surface area (Å²) in [7, 11) is 7.12. The van der Waals surface area contributed by atoms with Crippen LogP contribution in [0, 0.1) is 23.2 Å². The second-order valence-electron chi connectivity index (χ2n) is 7.87. The monoisotopic (exact) mass is 335 g/mol. The molecular weight excluding hydrogens is 309 g/mol. The summed E-state index contributed by atoms with van der Waals surface area (Å²) in [6, 6.07) is 0. The summed E-state index contributed by atoms with van der Waals surface area (Å²) < 4.78 is 1.17. The summed E-state index contributed by atoms with van der Waals surface area (Å²) in [6.07, 6.45) is 9.43. The van der Waals surface area contributed by atoms with Crippen LogP contribution in [-0.2, 0) is 0 Å². The van der Waals surface area contributed by atoms with Gasteiger partial charge in [0.1, 0.15) is 0 Å². The molecule has 0 amide bonds. The highest BCUT2D eigenvalue weighted by Crippen LogP contribution is 2.60. The van der Waals surface area contributed by atoms with Crippen LogP contribution in [0.25, 0.3) is 0 Å². The maximum atomic E-state index is 2.37. The molecule has 1 nitrogen and oxygen atoms in total. The number of hydrogen-bond donors (Lipinski definition) is 0. The zero-order valence-corrected chi connectivity index (χ0v) is 13.2. The molecule has 0 aromatic rings. The van der Waals surface area contributed by atoms with Crippen LogP contribution in [0.2, 0.25) is 0 Å². The first-order chi connectivity index (χ1) is 6.94. The lowest BCUT2D eigenvalue weighted by atomic mass is 9.49. The lowest BCUT2D eigenvalue weighted by Gasteiger charge is -2.57. The van der Waals surface area contributed by atoms with E-state index < -0.39 is 0 Å². The van der Waals surface area contributed by atoms with Crippen molar-refractivity contribution >= 4 is 0 Å². The molecule has 0 atom stereocenters. The van der Waals surface area contributed by atoms with E-state index in [1.165, 1.54) is 11.0 Å². The second kappa shape index (κ2) is 4.11. The van der Waals surface area contributed by atoms with E-state index in [-0.39, 0.29) is 24.0 Å². The van der Waals surface area contributed by atoms with Crippen LogP contribution in [-0.4, -0.2) is 32.2 Å². The Morgan fingerprint density at radius 3 is 1.56 bits per heavy atom. The van der Waals surface area contributed by atoms with E-state index in [0.29, 0.717) is 0 Å². The van der Waals surface area contributed by atoms with Gasteiger partial charge in [0.2, 0.25) is 0 Å². The van der Waals surface area contributed by atoms with Crippen molar-refractivity contribution < 1.29 is 28.5 Å². The summed E-state index contributed by atoms with van der Waals surface area (Å²) in [5.41, 5.74) is 0.757. The highest BCUT2D eigenvalue weighted by Gasteiger charge is 2.52. The van der Waals surface area contributed by atoms with Crippen molar-refractivity contribution in [2.45, 2.75) is 38.5 Å². The van der Waals surface area contributed by atoms with E-state index in [1.807, 2.05) is 0 Å². The maximum Gasteiger partial charge on any atom is 0.0837 e. The molecule has 4 bridgehead atoms. The molecule has 4 aliphatic rings. The van der Waals surface area contributed by atoms with E-state index in [2.05, 4.69) is 21.1 Å². The number of halogens is 1. The molecule has 4 rings (SSSR count). The average molecular weight is 335 g/mol. The van der Waals surface area contributed by atoms with Crippen LogP contribution >= 0.6 is 0 Å². The summed E-state index contributed by atoms with van der Waals surface area (Å²) in [4.78, 5) is 0. The van der Waals surface area contributed by atoms with Gasteiger partial charge in [0, 0.05) is 5.41 Å². The van der Waals surface area contributed by atoms with Gasteiger partial charge in [-0.15, -0.1) is 0 Å². The smallest absolute Gasteiger partial charge is 0.0837 e. The Kier molecular flexibility index (Phi) is 3.38. The fraction of sp³-hybridized carbons (Fsp3) is 1.00. The fourth-order valence-electron chi connectivity index (χ4n) is 5.49. The highest BCUT2D eigenvalue weighted by molar-refractivity contribution is 5.01.